The molecular formula is C24H34N4O4S. The summed E-state index contributed by atoms with van der Waals surface area (Å²) in [6.07, 6.45) is 0.398. The summed E-state index contributed by atoms with van der Waals surface area (Å²) in [5.41, 5.74) is 2.26. The molecule has 2 aromatic rings. The predicted molar refractivity (Wildman–Crippen MR) is 131 cm³/mol. The first kappa shape index (κ1) is 26.3. The monoisotopic (exact) mass is 474 g/mol. The summed E-state index contributed by atoms with van der Waals surface area (Å²) >= 11 is 0. The molecule has 2 amide bonds. The number of rotatable bonds is 11. The molecule has 0 saturated carbocycles. The van der Waals surface area contributed by atoms with Crippen molar-refractivity contribution in [3.05, 3.63) is 65.7 Å². The van der Waals surface area contributed by atoms with E-state index in [0.717, 1.165) is 19.7 Å². The molecule has 0 fully saturated rings. The van der Waals surface area contributed by atoms with E-state index in [2.05, 4.69) is 5.32 Å². The Morgan fingerprint density at radius 1 is 0.970 bits per heavy atom. The Labute approximate surface area is 197 Å². The van der Waals surface area contributed by atoms with Crippen molar-refractivity contribution >= 4 is 27.7 Å². The molecule has 0 spiro atoms. The SMILES string of the molecule is CCNC(=O)[C@@H](CC)N(Cc1ccccc1C)C(=O)CN(c1ccccc1)S(=O)(=O)N(C)C. The van der Waals surface area contributed by atoms with Gasteiger partial charge in [0.15, 0.2) is 0 Å². The summed E-state index contributed by atoms with van der Waals surface area (Å²) in [5, 5.41) is 2.79. The molecule has 0 aromatic heterocycles. The molecule has 2 aromatic carbocycles. The molecule has 180 valence electrons. The van der Waals surface area contributed by atoms with Crippen LogP contribution >= 0.6 is 0 Å². The fraction of sp³-hybridized carbons (Fsp3) is 0.417. The number of nitrogens with one attached hydrogen (secondary N) is 1. The van der Waals surface area contributed by atoms with Crippen LogP contribution in [0.1, 0.15) is 31.4 Å². The lowest BCUT2D eigenvalue weighted by molar-refractivity contribution is -0.140. The van der Waals surface area contributed by atoms with Gasteiger partial charge in [0.25, 0.3) is 0 Å². The first-order chi connectivity index (χ1) is 15.6. The molecular weight excluding hydrogens is 440 g/mol. The van der Waals surface area contributed by atoms with Gasteiger partial charge in [0.05, 0.1) is 5.69 Å². The lowest BCUT2D eigenvalue weighted by atomic mass is 10.1. The van der Waals surface area contributed by atoms with Gasteiger partial charge in [-0.2, -0.15) is 12.7 Å². The van der Waals surface area contributed by atoms with Gasteiger partial charge in [-0.1, -0.05) is 49.4 Å². The molecule has 9 heteroatoms. The van der Waals surface area contributed by atoms with Gasteiger partial charge in [-0.15, -0.1) is 0 Å². The topological polar surface area (TPSA) is 90.0 Å². The van der Waals surface area contributed by atoms with Crippen molar-refractivity contribution in [1.82, 2.24) is 14.5 Å². The summed E-state index contributed by atoms with van der Waals surface area (Å²) < 4.78 is 28.3. The lowest BCUT2D eigenvalue weighted by Gasteiger charge is -2.34. The fourth-order valence-corrected chi connectivity index (χ4v) is 4.55. The Bertz CT molecular complexity index is 1040. The number of amides is 2. The smallest absolute Gasteiger partial charge is 0.304 e. The largest absolute Gasteiger partial charge is 0.355 e. The van der Waals surface area contributed by atoms with E-state index in [4.69, 9.17) is 0 Å². The van der Waals surface area contributed by atoms with Gasteiger partial charge in [-0.05, 0) is 43.5 Å². The fourth-order valence-electron chi connectivity index (χ4n) is 3.49. The zero-order valence-electron chi connectivity index (χ0n) is 20.0. The first-order valence-electron chi connectivity index (χ1n) is 11.0. The van der Waals surface area contributed by atoms with E-state index in [0.29, 0.717) is 18.7 Å². The summed E-state index contributed by atoms with van der Waals surface area (Å²) in [4.78, 5) is 27.9. The summed E-state index contributed by atoms with van der Waals surface area (Å²) in [7, 11) is -1.10. The predicted octanol–water partition coefficient (Wildman–Crippen LogP) is 2.55. The Balaban J connectivity index is 2.48. The summed E-state index contributed by atoms with van der Waals surface area (Å²) in [5.74, 6) is -0.714. The zero-order chi connectivity index (χ0) is 24.6. The van der Waals surface area contributed by atoms with Crippen LogP contribution in [-0.4, -0.2) is 62.7 Å². The van der Waals surface area contributed by atoms with Crippen LogP contribution in [0.25, 0.3) is 0 Å². The Kier molecular flexibility index (Phi) is 9.43. The molecule has 2 rings (SSSR count). The molecule has 0 aliphatic rings. The number of carbonyl (C=O) groups is 2. The maximum atomic E-state index is 13.6. The zero-order valence-corrected chi connectivity index (χ0v) is 20.8. The molecule has 0 bridgehead atoms. The minimum absolute atomic E-state index is 0.200. The third-order valence-electron chi connectivity index (χ3n) is 5.40. The van der Waals surface area contributed by atoms with Crippen LogP contribution in [0.2, 0.25) is 0 Å². The first-order valence-corrected chi connectivity index (χ1v) is 12.4. The molecule has 0 aliphatic heterocycles. The molecule has 0 unspecified atom stereocenters. The summed E-state index contributed by atoms with van der Waals surface area (Å²) in [6, 6.07) is 15.4. The Morgan fingerprint density at radius 2 is 1.58 bits per heavy atom. The van der Waals surface area contributed by atoms with Gasteiger partial charge >= 0.3 is 10.2 Å². The number of nitrogens with zero attached hydrogens (tertiary/aromatic N) is 3. The number of likely N-dealkylation sites (N-methyl/N-ethyl adjacent to an activating group) is 1. The number of anilines is 1. The molecule has 8 nitrogen and oxygen atoms in total. The van der Waals surface area contributed by atoms with Gasteiger partial charge in [-0.3, -0.25) is 9.59 Å². The molecule has 0 heterocycles. The van der Waals surface area contributed by atoms with E-state index in [1.165, 1.54) is 19.0 Å². The molecule has 0 saturated heterocycles. The van der Waals surface area contributed by atoms with Gasteiger partial charge in [0.1, 0.15) is 12.6 Å². The number of aryl methyl sites for hydroxylation is 1. The van der Waals surface area contributed by atoms with Crippen LogP contribution in [0.15, 0.2) is 54.6 Å². The second kappa shape index (κ2) is 11.8. The van der Waals surface area contributed by atoms with Crippen LogP contribution in [0.4, 0.5) is 5.69 Å². The van der Waals surface area contributed by atoms with E-state index in [1.807, 2.05) is 45.0 Å². The number of hydrogen-bond donors (Lipinski definition) is 1. The van der Waals surface area contributed by atoms with Crippen LogP contribution in [0.3, 0.4) is 0 Å². The number of benzene rings is 2. The number of hydrogen-bond acceptors (Lipinski definition) is 4. The molecule has 33 heavy (non-hydrogen) atoms. The maximum absolute atomic E-state index is 13.6. The average Bonchev–Trinajstić information content (AvgIpc) is 2.79. The highest BCUT2D eigenvalue weighted by Crippen LogP contribution is 2.21. The maximum Gasteiger partial charge on any atom is 0.304 e. The third kappa shape index (κ3) is 6.55. The Morgan fingerprint density at radius 3 is 2.12 bits per heavy atom. The molecule has 0 radical (unpaired) electrons. The average molecular weight is 475 g/mol. The highest BCUT2D eigenvalue weighted by atomic mass is 32.2. The second-order valence-electron chi connectivity index (χ2n) is 7.90. The third-order valence-corrected chi connectivity index (χ3v) is 7.22. The van der Waals surface area contributed by atoms with Crippen molar-refractivity contribution < 1.29 is 18.0 Å². The second-order valence-corrected chi connectivity index (χ2v) is 9.97. The molecule has 1 N–H and O–H groups in total. The minimum Gasteiger partial charge on any atom is -0.355 e. The van der Waals surface area contributed by atoms with E-state index in [9.17, 15) is 18.0 Å². The van der Waals surface area contributed by atoms with Gasteiger partial charge in [0.2, 0.25) is 11.8 Å². The summed E-state index contributed by atoms with van der Waals surface area (Å²) in [6.45, 7) is 5.81. The minimum atomic E-state index is -3.95. The highest BCUT2D eigenvalue weighted by molar-refractivity contribution is 7.90. The van der Waals surface area contributed by atoms with Crippen molar-refractivity contribution in [2.45, 2.75) is 39.8 Å². The number of carbonyl (C=O) groups excluding carboxylic acids is 2. The van der Waals surface area contributed by atoms with Gasteiger partial charge in [0, 0.05) is 27.2 Å². The van der Waals surface area contributed by atoms with E-state index < -0.39 is 28.7 Å². The highest BCUT2D eigenvalue weighted by Gasteiger charge is 2.33. The van der Waals surface area contributed by atoms with Crippen molar-refractivity contribution in [1.29, 1.82) is 0 Å². The van der Waals surface area contributed by atoms with E-state index >= 15 is 0 Å². The van der Waals surface area contributed by atoms with E-state index in [-0.39, 0.29) is 12.5 Å². The quantitative estimate of drug-likeness (QED) is 0.542. The molecule has 0 aliphatic carbocycles. The van der Waals surface area contributed by atoms with Crippen LogP contribution in [0.5, 0.6) is 0 Å². The molecule has 1 atom stereocenters. The Hall–Kier alpha value is -2.91. The van der Waals surface area contributed by atoms with Gasteiger partial charge in [-0.25, -0.2) is 4.31 Å². The number of para-hydroxylation sites is 1. The van der Waals surface area contributed by atoms with Crippen molar-refractivity contribution in [2.75, 3.05) is 31.5 Å². The normalized spacial score (nSPS) is 12.3. The van der Waals surface area contributed by atoms with Crippen molar-refractivity contribution in [2.24, 2.45) is 0 Å². The van der Waals surface area contributed by atoms with Crippen molar-refractivity contribution in [3.63, 3.8) is 0 Å². The lowest BCUT2D eigenvalue weighted by Crippen LogP contribution is -2.53. The van der Waals surface area contributed by atoms with E-state index in [1.54, 1.807) is 30.3 Å². The van der Waals surface area contributed by atoms with Crippen molar-refractivity contribution in [3.8, 4) is 0 Å². The standard InChI is InChI=1S/C24H34N4O4S/c1-6-22(24(30)25-7-2)27(17-20-14-12-11-13-19(20)3)23(29)18-28(33(31,32)26(4)5)21-15-9-8-10-16-21/h8-16,22H,6-7,17-18H2,1-5H3,(H,25,30)/t22-/m1/s1. The van der Waals surface area contributed by atoms with Gasteiger partial charge < -0.3 is 10.2 Å². The van der Waals surface area contributed by atoms with Crippen LogP contribution in [-0.2, 0) is 26.3 Å². The van der Waals surface area contributed by atoms with Crippen LogP contribution in [0, 0.1) is 6.92 Å². The van der Waals surface area contributed by atoms with Crippen LogP contribution < -0.4 is 9.62 Å².